The number of aromatic nitrogens is 3. The number of hydrogen-bond acceptors (Lipinski definition) is 6. The number of sulfonamides is 1. The summed E-state index contributed by atoms with van der Waals surface area (Å²) in [6, 6.07) is 2.89. The number of hydroxylamine groups is 2. The molecule has 0 saturated carbocycles. The molecule has 2 aromatic heterocycles. The molecule has 0 amide bonds. The zero-order chi connectivity index (χ0) is 23.7. The molecule has 176 valence electrons. The fraction of sp³-hybridized carbons (Fsp3) is 0.292. The lowest BCUT2D eigenvalue weighted by Crippen LogP contribution is -3.10. The van der Waals surface area contributed by atoms with E-state index in [9.17, 15) is 13.6 Å². The molecule has 3 unspecified atom stereocenters. The van der Waals surface area contributed by atoms with Gasteiger partial charge in [0.05, 0.1) is 11.9 Å². The van der Waals surface area contributed by atoms with E-state index in [2.05, 4.69) is 19.8 Å². The smallest absolute Gasteiger partial charge is 0.215 e. The lowest BCUT2D eigenvalue weighted by molar-refractivity contribution is -0.825. The first-order chi connectivity index (χ1) is 16.4. The van der Waals surface area contributed by atoms with Crippen LogP contribution in [0.15, 0.2) is 83.1 Å². The average Bonchev–Trinajstić information content (AvgIpc) is 3.22. The zero-order valence-electron chi connectivity index (χ0n) is 18.8. The maximum Gasteiger partial charge on any atom is 0.215 e. The predicted octanol–water partition coefficient (Wildman–Crippen LogP) is 1.07. The van der Waals surface area contributed by atoms with Gasteiger partial charge in [0.15, 0.2) is 0 Å². The molecule has 0 bridgehead atoms. The van der Waals surface area contributed by atoms with Gasteiger partial charge in [-0.2, -0.15) is 5.10 Å². The molecule has 5 rings (SSSR count). The van der Waals surface area contributed by atoms with Crippen LogP contribution in [0.4, 0.5) is 0 Å². The Morgan fingerprint density at radius 2 is 2.18 bits per heavy atom. The molecule has 2 aliphatic heterocycles. The van der Waals surface area contributed by atoms with Gasteiger partial charge in [-0.3, -0.25) is 14.7 Å². The topological polar surface area (TPSA) is 117 Å². The number of rotatable bonds is 6. The quantitative estimate of drug-likeness (QED) is 0.603. The molecule has 3 atom stereocenters. The second-order valence-electron chi connectivity index (χ2n) is 8.73. The van der Waals surface area contributed by atoms with Crippen molar-refractivity contribution >= 4 is 21.8 Å². The van der Waals surface area contributed by atoms with Crippen molar-refractivity contribution in [2.24, 2.45) is 12.0 Å². The van der Waals surface area contributed by atoms with Crippen LogP contribution < -0.4 is 9.79 Å². The minimum atomic E-state index is -3.55. The minimum absolute atomic E-state index is 0.0267. The SMILES string of the molecule is Cn1cc(C2=CC3C(C=CC4=C(C=C(CS(=O)(=O)NCc5cccnc5)CC4)[NH+]3[O-])N=C2)cn1. The first-order valence-electron chi connectivity index (χ1n) is 11.1. The Kier molecular flexibility index (Phi) is 6.13. The Balaban J connectivity index is 1.34. The Bertz CT molecular complexity index is 1340. The number of nitrogens with zero attached hydrogens (tertiary/aromatic N) is 4. The third-order valence-corrected chi connectivity index (χ3v) is 7.55. The van der Waals surface area contributed by atoms with Gasteiger partial charge in [0, 0.05) is 55.1 Å². The van der Waals surface area contributed by atoms with E-state index >= 15 is 0 Å². The van der Waals surface area contributed by atoms with E-state index in [-0.39, 0.29) is 23.4 Å². The Morgan fingerprint density at radius 3 is 2.94 bits per heavy atom. The number of aryl methyl sites for hydroxylation is 1. The van der Waals surface area contributed by atoms with Crippen molar-refractivity contribution in [3.05, 3.63) is 94.4 Å². The van der Waals surface area contributed by atoms with Crippen molar-refractivity contribution in [1.82, 2.24) is 19.5 Å². The van der Waals surface area contributed by atoms with Gasteiger partial charge in [0.25, 0.3) is 0 Å². The molecule has 4 heterocycles. The van der Waals surface area contributed by atoms with Crippen LogP contribution in [0.25, 0.3) is 5.57 Å². The van der Waals surface area contributed by atoms with Crippen LogP contribution in [0.3, 0.4) is 0 Å². The van der Waals surface area contributed by atoms with E-state index in [4.69, 9.17) is 0 Å². The molecule has 0 saturated heterocycles. The number of aliphatic imine (C=N–C) groups is 1. The summed E-state index contributed by atoms with van der Waals surface area (Å²) in [5.41, 5.74) is 4.82. The summed E-state index contributed by atoms with van der Waals surface area (Å²) in [5.74, 6) is -0.135. The van der Waals surface area contributed by atoms with Crippen LogP contribution in [-0.4, -0.2) is 47.2 Å². The van der Waals surface area contributed by atoms with E-state index < -0.39 is 16.1 Å². The molecule has 0 aromatic carbocycles. The highest BCUT2D eigenvalue weighted by Gasteiger charge is 2.33. The number of fused-ring (bicyclic) bond motifs is 1. The maximum absolute atomic E-state index is 13.6. The highest BCUT2D eigenvalue weighted by molar-refractivity contribution is 7.89. The normalized spacial score (nSPS) is 24.2. The van der Waals surface area contributed by atoms with Gasteiger partial charge in [-0.05, 0) is 42.2 Å². The second kappa shape index (κ2) is 9.22. The first-order valence-corrected chi connectivity index (χ1v) is 12.8. The average molecular weight is 479 g/mol. The molecule has 1 aliphatic carbocycles. The molecular weight excluding hydrogens is 452 g/mol. The van der Waals surface area contributed by atoms with Crippen molar-refractivity contribution in [3.63, 3.8) is 0 Å². The lowest BCUT2D eigenvalue weighted by Gasteiger charge is -2.35. The third kappa shape index (κ3) is 4.85. The summed E-state index contributed by atoms with van der Waals surface area (Å²) >= 11 is 0. The summed E-state index contributed by atoms with van der Waals surface area (Å²) in [5, 5.41) is 17.7. The molecule has 2 N–H and O–H groups in total. The summed E-state index contributed by atoms with van der Waals surface area (Å²) in [4.78, 5) is 8.63. The van der Waals surface area contributed by atoms with E-state index in [1.807, 2.05) is 37.5 Å². The lowest BCUT2D eigenvalue weighted by atomic mass is 9.96. The van der Waals surface area contributed by atoms with Crippen LogP contribution in [-0.2, 0) is 23.6 Å². The number of hydrogen-bond donors (Lipinski definition) is 2. The monoisotopic (exact) mass is 478 g/mol. The predicted molar refractivity (Wildman–Crippen MR) is 130 cm³/mol. The summed E-state index contributed by atoms with van der Waals surface area (Å²) in [6.45, 7) is 0.183. The molecule has 0 fully saturated rings. The van der Waals surface area contributed by atoms with Gasteiger partial charge in [-0.15, -0.1) is 0 Å². The van der Waals surface area contributed by atoms with Crippen molar-refractivity contribution in [2.75, 3.05) is 5.75 Å². The summed E-state index contributed by atoms with van der Waals surface area (Å²) < 4.78 is 29.7. The van der Waals surface area contributed by atoms with Crippen LogP contribution in [0.5, 0.6) is 0 Å². The van der Waals surface area contributed by atoms with Crippen molar-refractivity contribution in [1.29, 1.82) is 0 Å². The van der Waals surface area contributed by atoms with Gasteiger partial charge in [-0.25, -0.2) is 13.1 Å². The number of allylic oxidation sites excluding steroid dienone is 4. The van der Waals surface area contributed by atoms with Gasteiger partial charge < -0.3 is 10.3 Å². The zero-order valence-corrected chi connectivity index (χ0v) is 19.6. The molecule has 0 radical (unpaired) electrons. The molecule has 0 spiro atoms. The van der Waals surface area contributed by atoms with Gasteiger partial charge in [-0.1, -0.05) is 18.2 Å². The summed E-state index contributed by atoms with van der Waals surface area (Å²) in [6.07, 6.45) is 17.6. The fourth-order valence-corrected chi connectivity index (χ4v) is 5.64. The molecule has 9 nitrogen and oxygen atoms in total. The fourth-order valence-electron chi connectivity index (χ4n) is 4.44. The van der Waals surface area contributed by atoms with E-state index in [1.54, 1.807) is 41.6 Å². The third-order valence-electron chi connectivity index (χ3n) is 6.22. The van der Waals surface area contributed by atoms with E-state index in [1.165, 1.54) is 0 Å². The van der Waals surface area contributed by atoms with Gasteiger partial charge >= 0.3 is 0 Å². The first kappa shape index (κ1) is 22.6. The second-order valence-corrected chi connectivity index (χ2v) is 10.5. The molecule has 10 heteroatoms. The largest absolute Gasteiger partial charge is 0.628 e. The Morgan fingerprint density at radius 1 is 1.29 bits per heavy atom. The molecule has 3 aliphatic rings. The van der Waals surface area contributed by atoms with Crippen LogP contribution in [0.2, 0.25) is 0 Å². The molecule has 2 aromatic rings. The Hall–Kier alpha value is -3.18. The minimum Gasteiger partial charge on any atom is -0.628 e. The van der Waals surface area contributed by atoms with Gasteiger partial charge in [0.2, 0.25) is 10.0 Å². The number of dihydropyridines is 1. The van der Waals surface area contributed by atoms with Crippen molar-refractivity contribution < 1.29 is 13.5 Å². The van der Waals surface area contributed by atoms with Crippen LogP contribution >= 0.6 is 0 Å². The molecule has 34 heavy (non-hydrogen) atoms. The number of quaternary nitrogens is 1. The summed E-state index contributed by atoms with van der Waals surface area (Å²) in [7, 11) is -1.71. The van der Waals surface area contributed by atoms with Crippen molar-refractivity contribution in [3.8, 4) is 0 Å². The van der Waals surface area contributed by atoms with Crippen LogP contribution in [0, 0.1) is 5.21 Å². The number of pyridine rings is 1. The van der Waals surface area contributed by atoms with E-state index in [0.717, 1.165) is 27.8 Å². The van der Waals surface area contributed by atoms with Crippen molar-refractivity contribution in [2.45, 2.75) is 31.5 Å². The number of nitrogens with one attached hydrogen (secondary N) is 2. The van der Waals surface area contributed by atoms with Crippen LogP contribution in [0.1, 0.15) is 24.0 Å². The Labute approximate surface area is 198 Å². The van der Waals surface area contributed by atoms with E-state index in [0.29, 0.717) is 18.5 Å². The maximum atomic E-state index is 13.6. The molecular formula is C24H26N6O3S. The standard InChI is InChI=1S/C24H26N6O3S/c1-29-15-21(14-27-29)20-10-24-22(26-13-20)7-6-19-5-4-17(9-23(19)30(24)31)16-34(32,33)28-12-18-3-2-8-25-11-18/h2-3,6-11,13-15,22,24,28,30H,4-5,12,16H2,1H3. The highest BCUT2D eigenvalue weighted by atomic mass is 32.2. The highest BCUT2D eigenvalue weighted by Crippen LogP contribution is 2.27. The van der Waals surface area contributed by atoms with Gasteiger partial charge in [0.1, 0.15) is 17.8 Å².